The Bertz CT molecular complexity index is 796. The largest absolute Gasteiger partial charge is 0.379 e. The molecule has 2 aliphatic rings. The molecule has 0 saturated carbocycles. The van der Waals surface area contributed by atoms with Crippen LogP contribution in [-0.4, -0.2) is 71.4 Å². The third-order valence-electron chi connectivity index (χ3n) is 4.41. The van der Waals surface area contributed by atoms with Crippen molar-refractivity contribution in [2.24, 2.45) is 0 Å². The minimum atomic E-state index is -3.39. The monoisotopic (exact) mass is 349 g/mol. The highest BCUT2D eigenvalue weighted by Crippen LogP contribution is 2.27. The van der Waals surface area contributed by atoms with Crippen LogP contribution in [0.5, 0.6) is 0 Å². The molecule has 9 heteroatoms. The van der Waals surface area contributed by atoms with E-state index >= 15 is 0 Å². The summed E-state index contributed by atoms with van der Waals surface area (Å²) in [6.45, 7) is 2.62. The summed E-state index contributed by atoms with van der Waals surface area (Å²) in [5, 5.41) is 8.34. The molecule has 2 fully saturated rings. The van der Waals surface area contributed by atoms with Crippen molar-refractivity contribution in [2.45, 2.75) is 6.04 Å². The van der Waals surface area contributed by atoms with Crippen molar-refractivity contribution in [1.82, 2.24) is 23.6 Å². The van der Waals surface area contributed by atoms with Crippen molar-refractivity contribution in [2.75, 3.05) is 39.4 Å². The SMILES string of the molecule is O=S(=O)(N1CCOCC1)N1CC(n2cc(-c3ccccc3)nn2)C1. The zero-order valence-corrected chi connectivity index (χ0v) is 14.0. The van der Waals surface area contributed by atoms with Gasteiger partial charge >= 0.3 is 0 Å². The Kier molecular flexibility index (Phi) is 4.09. The normalized spacial score (nSPS) is 20.8. The van der Waals surface area contributed by atoms with Crippen molar-refractivity contribution in [1.29, 1.82) is 0 Å². The highest BCUT2D eigenvalue weighted by Gasteiger charge is 2.41. The summed E-state index contributed by atoms with van der Waals surface area (Å²) in [4.78, 5) is 0. The van der Waals surface area contributed by atoms with Crippen LogP contribution >= 0.6 is 0 Å². The standard InChI is InChI=1S/C15H19N5O3S/c21-24(22,18-6-8-23-9-7-18)19-10-14(11-19)20-12-15(16-17-20)13-4-2-1-3-5-13/h1-5,12,14H,6-11H2. The van der Waals surface area contributed by atoms with Crippen LogP contribution in [0.25, 0.3) is 11.3 Å². The van der Waals surface area contributed by atoms with Crippen LogP contribution in [-0.2, 0) is 14.9 Å². The van der Waals surface area contributed by atoms with E-state index < -0.39 is 10.2 Å². The van der Waals surface area contributed by atoms with Gasteiger partial charge in [-0.25, -0.2) is 4.68 Å². The quantitative estimate of drug-likeness (QED) is 0.797. The lowest BCUT2D eigenvalue weighted by molar-refractivity contribution is 0.0662. The van der Waals surface area contributed by atoms with Gasteiger partial charge in [-0.2, -0.15) is 17.0 Å². The summed E-state index contributed by atoms with van der Waals surface area (Å²) in [7, 11) is -3.39. The Balaban J connectivity index is 1.42. The lowest BCUT2D eigenvalue weighted by atomic mass is 10.1. The van der Waals surface area contributed by atoms with E-state index in [0.717, 1.165) is 11.3 Å². The molecule has 24 heavy (non-hydrogen) atoms. The van der Waals surface area contributed by atoms with Gasteiger partial charge in [0.1, 0.15) is 5.69 Å². The molecular weight excluding hydrogens is 330 g/mol. The molecule has 1 aromatic carbocycles. The van der Waals surface area contributed by atoms with Gasteiger partial charge in [0.05, 0.1) is 25.5 Å². The molecule has 8 nitrogen and oxygen atoms in total. The third kappa shape index (κ3) is 2.84. The highest BCUT2D eigenvalue weighted by atomic mass is 32.2. The van der Waals surface area contributed by atoms with Gasteiger partial charge in [-0.15, -0.1) is 5.10 Å². The smallest absolute Gasteiger partial charge is 0.282 e. The lowest BCUT2D eigenvalue weighted by Crippen LogP contribution is -2.57. The van der Waals surface area contributed by atoms with Gasteiger partial charge in [-0.3, -0.25) is 0 Å². The predicted octanol–water partition coefficient (Wildman–Crippen LogP) is 0.379. The van der Waals surface area contributed by atoms with Gasteiger partial charge in [0.15, 0.2) is 0 Å². The number of rotatable bonds is 4. The third-order valence-corrected chi connectivity index (χ3v) is 6.37. The summed E-state index contributed by atoms with van der Waals surface area (Å²) in [5.41, 5.74) is 1.80. The average Bonchev–Trinajstić information content (AvgIpc) is 3.04. The number of nitrogens with zero attached hydrogens (tertiary/aromatic N) is 5. The maximum absolute atomic E-state index is 12.5. The summed E-state index contributed by atoms with van der Waals surface area (Å²) >= 11 is 0. The van der Waals surface area contributed by atoms with Gasteiger partial charge in [-0.1, -0.05) is 35.5 Å². The number of morpholine rings is 1. The molecule has 0 amide bonds. The molecule has 0 radical (unpaired) electrons. The molecule has 3 heterocycles. The maximum Gasteiger partial charge on any atom is 0.282 e. The zero-order chi connectivity index (χ0) is 16.6. The molecule has 2 aromatic rings. The Hall–Kier alpha value is -1.81. The highest BCUT2D eigenvalue weighted by molar-refractivity contribution is 7.86. The first-order valence-corrected chi connectivity index (χ1v) is 9.34. The second kappa shape index (κ2) is 6.25. The first-order valence-electron chi connectivity index (χ1n) is 7.95. The molecule has 0 bridgehead atoms. The van der Waals surface area contributed by atoms with Crippen LogP contribution in [0.3, 0.4) is 0 Å². The first kappa shape index (κ1) is 15.7. The maximum atomic E-state index is 12.5. The summed E-state index contributed by atoms with van der Waals surface area (Å²) in [6, 6.07) is 9.84. The van der Waals surface area contributed by atoms with E-state index in [0.29, 0.717) is 39.4 Å². The topological polar surface area (TPSA) is 80.6 Å². The molecule has 0 aliphatic carbocycles. The lowest BCUT2D eigenvalue weighted by Gasteiger charge is -2.41. The van der Waals surface area contributed by atoms with Crippen molar-refractivity contribution >= 4 is 10.2 Å². The molecule has 0 N–H and O–H groups in total. The Morgan fingerprint density at radius 1 is 1.04 bits per heavy atom. The van der Waals surface area contributed by atoms with Gasteiger partial charge < -0.3 is 4.74 Å². The first-order chi connectivity index (χ1) is 11.6. The zero-order valence-electron chi connectivity index (χ0n) is 13.2. The number of hydrogen-bond acceptors (Lipinski definition) is 5. The molecule has 0 spiro atoms. The molecule has 0 atom stereocenters. The van der Waals surface area contributed by atoms with Gasteiger partial charge in [0, 0.05) is 31.7 Å². The molecular formula is C15H19N5O3S. The minimum Gasteiger partial charge on any atom is -0.379 e. The van der Waals surface area contributed by atoms with Crippen molar-refractivity contribution in [3.05, 3.63) is 36.5 Å². The predicted molar refractivity (Wildman–Crippen MR) is 87.4 cm³/mol. The van der Waals surface area contributed by atoms with E-state index in [2.05, 4.69) is 10.3 Å². The van der Waals surface area contributed by atoms with Gasteiger partial charge in [0.2, 0.25) is 0 Å². The fraction of sp³-hybridized carbons (Fsp3) is 0.467. The molecule has 2 saturated heterocycles. The van der Waals surface area contributed by atoms with E-state index in [9.17, 15) is 8.42 Å². The fourth-order valence-corrected chi connectivity index (χ4v) is 4.57. The van der Waals surface area contributed by atoms with Crippen molar-refractivity contribution in [3.8, 4) is 11.3 Å². The molecule has 2 aliphatic heterocycles. The van der Waals surface area contributed by atoms with E-state index in [1.54, 1.807) is 4.68 Å². The summed E-state index contributed by atoms with van der Waals surface area (Å²) in [5.74, 6) is 0. The summed E-state index contributed by atoms with van der Waals surface area (Å²) in [6.07, 6.45) is 1.87. The number of benzene rings is 1. The molecule has 0 unspecified atom stereocenters. The summed E-state index contributed by atoms with van der Waals surface area (Å²) < 4.78 is 35.0. The second-order valence-electron chi connectivity index (χ2n) is 5.94. The van der Waals surface area contributed by atoms with Crippen LogP contribution in [0.15, 0.2) is 36.5 Å². The number of aromatic nitrogens is 3. The fourth-order valence-electron chi connectivity index (χ4n) is 2.91. The van der Waals surface area contributed by atoms with E-state index in [-0.39, 0.29) is 6.04 Å². The van der Waals surface area contributed by atoms with E-state index in [4.69, 9.17) is 4.74 Å². The molecule has 4 rings (SSSR count). The molecule has 1 aromatic heterocycles. The Morgan fingerprint density at radius 2 is 1.75 bits per heavy atom. The number of ether oxygens (including phenoxy) is 1. The van der Waals surface area contributed by atoms with E-state index in [1.165, 1.54) is 8.61 Å². The molecule has 128 valence electrons. The van der Waals surface area contributed by atoms with Gasteiger partial charge in [-0.05, 0) is 0 Å². The van der Waals surface area contributed by atoms with Crippen LogP contribution in [0.4, 0.5) is 0 Å². The Labute approximate surface area is 140 Å². The van der Waals surface area contributed by atoms with Crippen LogP contribution < -0.4 is 0 Å². The van der Waals surface area contributed by atoms with Crippen LogP contribution in [0, 0.1) is 0 Å². The Morgan fingerprint density at radius 3 is 2.46 bits per heavy atom. The van der Waals surface area contributed by atoms with Crippen LogP contribution in [0.1, 0.15) is 6.04 Å². The van der Waals surface area contributed by atoms with Crippen LogP contribution in [0.2, 0.25) is 0 Å². The second-order valence-corrected chi connectivity index (χ2v) is 7.87. The number of hydrogen-bond donors (Lipinski definition) is 0. The van der Waals surface area contributed by atoms with Crippen molar-refractivity contribution < 1.29 is 13.2 Å². The van der Waals surface area contributed by atoms with E-state index in [1.807, 2.05) is 36.5 Å². The minimum absolute atomic E-state index is 0.0331. The average molecular weight is 349 g/mol. The van der Waals surface area contributed by atoms with Gasteiger partial charge in [0.25, 0.3) is 10.2 Å². The van der Waals surface area contributed by atoms with Crippen molar-refractivity contribution in [3.63, 3.8) is 0 Å².